The van der Waals surface area contributed by atoms with Crippen molar-refractivity contribution in [3.8, 4) is 0 Å². The van der Waals surface area contributed by atoms with E-state index in [9.17, 15) is 8.42 Å². The molecular formula is C14H21N3O2S. The van der Waals surface area contributed by atoms with Crippen LogP contribution in [-0.2, 0) is 10.0 Å². The van der Waals surface area contributed by atoms with Crippen LogP contribution in [0.25, 0.3) is 0 Å². The van der Waals surface area contributed by atoms with Crippen molar-refractivity contribution in [1.82, 2.24) is 9.29 Å². The first-order valence-electron chi connectivity index (χ1n) is 7.33. The van der Waals surface area contributed by atoms with E-state index in [1.165, 1.54) is 12.6 Å². The summed E-state index contributed by atoms with van der Waals surface area (Å²) in [5, 5.41) is 0.0197. The summed E-state index contributed by atoms with van der Waals surface area (Å²) in [6.07, 6.45) is 8.03. The van der Waals surface area contributed by atoms with E-state index in [0.29, 0.717) is 12.5 Å². The minimum absolute atomic E-state index is 0.0197. The molecule has 1 saturated heterocycles. The summed E-state index contributed by atoms with van der Waals surface area (Å²) in [6, 6.07) is 3.40. The molecule has 20 heavy (non-hydrogen) atoms. The van der Waals surface area contributed by atoms with Crippen LogP contribution in [0, 0.1) is 5.92 Å². The van der Waals surface area contributed by atoms with Gasteiger partial charge in [0.15, 0.2) is 5.03 Å². The number of aromatic nitrogens is 1. The van der Waals surface area contributed by atoms with Crippen molar-refractivity contribution in [2.45, 2.75) is 49.6 Å². The lowest BCUT2D eigenvalue weighted by molar-refractivity contribution is 0.129. The fraction of sp³-hybridized carbons (Fsp3) is 0.643. The number of hydrogen-bond donors (Lipinski definition) is 1. The van der Waals surface area contributed by atoms with Gasteiger partial charge in [-0.25, -0.2) is 13.4 Å². The number of anilines is 1. The van der Waals surface area contributed by atoms with Crippen molar-refractivity contribution >= 4 is 15.7 Å². The molecule has 0 spiro atoms. The molecule has 2 fully saturated rings. The van der Waals surface area contributed by atoms with E-state index >= 15 is 0 Å². The number of pyridine rings is 1. The molecule has 3 rings (SSSR count). The molecule has 1 aliphatic carbocycles. The fourth-order valence-electron chi connectivity index (χ4n) is 3.61. The minimum Gasteiger partial charge on any atom is -0.396 e. The topological polar surface area (TPSA) is 76.3 Å². The van der Waals surface area contributed by atoms with Crippen molar-refractivity contribution in [2.75, 3.05) is 12.3 Å². The molecular weight excluding hydrogens is 274 g/mol. The van der Waals surface area contributed by atoms with Crippen LogP contribution in [0.2, 0.25) is 0 Å². The lowest BCUT2D eigenvalue weighted by Crippen LogP contribution is -2.49. The van der Waals surface area contributed by atoms with E-state index in [-0.39, 0.29) is 16.8 Å². The van der Waals surface area contributed by atoms with Gasteiger partial charge in [0.2, 0.25) is 0 Å². The zero-order valence-corrected chi connectivity index (χ0v) is 12.3. The Morgan fingerprint density at radius 1 is 1.20 bits per heavy atom. The Morgan fingerprint density at radius 3 is 2.75 bits per heavy atom. The predicted octanol–water partition coefficient (Wildman–Crippen LogP) is 2.01. The average Bonchev–Trinajstić information content (AvgIpc) is 2.47. The van der Waals surface area contributed by atoms with Crippen LogP contribution in [-0.4, -0.2) is 30.3 Å². The average molecular weight is 295 g/mol. The third-order valence-electron chi connectivity index (χ3n) is 4.55. The van der Waals surface area contributed by atoms with E-state index in [1.54, 1.807) is 16.4 Å². The highest BCUT2D eigenvalue weighted by molar-refractivity contribution is 7.89. The van der Waals surface area contributed by atoms with Crippen LogP contribution in [0.1, 0.15) is 38.5 Å². The molecule has 2 heterocycles. The summed E-state index contributed by atoms with van der Waals surface area (Å²) < 4.78 is 27.4. The molecule has 6 heteroatoms. The second-order valence-electron chi connectivity index (χ2n) is 5.77. The Hall–Kier alpha value is -1.14. The first-order chi connectivity index (χ1) is 9.60. The van der Waals surface area contributed by atoms with E-state index in [2.05, 4.69) is 4.98 Å². The summed E-state index contributed by atoms with van der Waals surface area (Å²) in [5.74, 6) is 0.511. The SMILES string of the molecule is Nc1cccnc1S(=O)(=O)N1CCCC2CCCCC21. The van der Waals surface area contributed by atoms with Gasteiger partial charge in [-0.3, -0.25) is 0 Å². The zero-order chi connectivity index (χ0) is 14.2. The normalized spacial score (nSPS) is 28.0. The largest absolute Gasteiger partial charge is 0.396 e. The maximum absolute atomic E-state index is 12.8. The summed E-state index contributed by atoms with van der Waals surface area (Å²) >= 11 is 0. The number of fused-ring (bicyclic) bond motifs is 1. The lowest BCUT2D eigenvalue weighted by Gasteiger charge is -2.42. The van der Waals surface area contributed by atoms with Gasteiger partial charge < -0.3 is 5.73 Å². The van der Waals surface area contributed by atoms with Crippen LogP contribution in [0.5, 0.6) is 0 Å². The maximum atomic E-state index is 12.8. The second kappa shape index (κ2) is 5.33. The van der Waals surface area contributed by atoms with Crippen LogP contribution in [0.3, 0.4) is 0 Å². The van der Waals surface area contributed by atoms with Gasteiger partial charge in [0, 0.05) is 18.8 Å². The number of sulfonamides is 1. The second-order valence-corrected chi connectivity index (χ2v) is 7.57. The molecule has 0 aromatic carbocycles. The van der Waals surface area contributed by atoms with Gasteiger partial charge in [-0.05, 0) is 43.7 Å². The van der Waals surface area contributed by atoms with E-state index in [0.717, 1.165) is 32.1 Å². The summed E-state index contributed by atoms with van der Waals surface area (Å²) in [7, 11) is -3.57. The highest BCUT2D eigenvalue weighted by Gasteiger charge is 2.40. The third kappa shape index (κ3) is 2.31. The third-order valence-corrected chi connectivity index (χ3v) is 6.45. The molecule has 5 nitrogen and oxygen atoms in total. The molecule has 1 aromatic heterocycles. The molecule has 2 aliphatic rings. The number of piperidine rings is 1. The van der Waals surface area contributed by atoms with Crippen molar-refractivity contribution in [3.63, 3.8) is 0 Å². The molecule has 2 N–H and O–H groups in total. The Labute approximate surface area is 120 Å². The van der Waals surface area contributed by atoms with Gasteiger partial charge in [0.1, 0.15) is 0 Å². The molecule has 2 atom stereocenters. The van der Waals surface area contributed by atoms with Gasteiger partial charge >= 0.3 is 0 Å². The number of nitrogens with zero attached hydrogens (tertiary/aromatic N) is 2. The number of rotatable bonds is 2. The van der Waals surface area contributed by atoms with Gasteiger partial charge in [0.05, 0.1) is 5.69 Å². The summed E-state index contributed by atoms with van der Waals surface area (Å²) in [4.78, 5) is 4.01. The van der Waals surface area contributed by atoms with Crippen molar-refractivity contribution < 1.29 is 8.42 Å². The minimum atomic E-state index is -3.57. The highest BCUT2D eigenvalue weighted by Crippen LogP contribution is 2.38. The molecule has 1 saturated carbocycles. The number of nitrogen functional groups attached to an aromatic ring is 1. The van der Waals surface area contributed by atoms with E-state index in [4.69, 9.17) is 5.73 Å². The van der Waals surface area contributed by atoms with Gasteiger partial charge in [-0.1, -0.05) is 12.8 Å². The van der Waals surface area contributed by atoms with Crippen molar-refractivity contribution in [2.24, 2.45) is 5.92 Å². The summed E-state index contributed by atoms with van der Waals surface area (Å²) in [5.41, 5.74) is 6.05. The Bertz CT molecular complexity index is 586. The molecule has 110 valence electrons. The van der Waals surface area contributed by atoms with Gasteiger partial charge in [0.25, 0.3) is 10.0 Å². The number of nitrogens with two attached hydrogens (primary N) is 1. The van der Waals surface area contributed by atoms with Gasteiger partial charge in [-0.2, -0.15) is 4.31 Å². The molecule has 1 aromatic rings. The smallest absolute Gasteiger partial charge is 0.262 e. The van der Waals surface area contributed by atoms with Crippen LogP contribution >= 0.6 is 0 Å². The Kier molecular flexibility index (Phi) is 3.69. The van der Waals surface area contributed by atoms with Crippen LogP contribution in [0.15, 0.2) is 23.4 Å². The highest BCUT2D eigenvalue weighted by atomic mass is 32.2. The lowest BCUT2D eigenvalue weighted by atomic mass is 9.79. The number of hydrogen-bond acceptors (Lipinski definition) is 4. The molecule has 2 unspecified atom stereocenters. The van der Waals surface area contributed by atoms with E-state index < -0.39 is 10.0 Å². The van der Waals surface area contributed by atoms with Crippen LogP contribution in [0.4, 0.5) is 5.69 Å². The van der Waals surface area contributed by atoms with E-state index in [1.807, 2.05) is 0 Å². The maximum Gasteiger partial charge on any atom is 0.262 e. The van der Waals surface area contributed by atoms with Gasteiger partial charge in [-0.15, -0.1) is 0 Å². The quantitative estimate of drug-likeness (QED) is 0.905. The zero-order valence-electron chi connectivity index (χ0n) is 11.5. The van der Waals surface area contributed by atoms with Crippen molar-refractivity contribution in [3.05, 3.63) is 18.3 Å². The first-order valence-corrected chi connectivity index (χ1v) is 8.77. The molecule has 1 aliphatic heterocycles. The van der Waals surface area contributed by atoms with Crippen molar-refractivity contribution in [1.29, 1.82) is 0 Å². The first kappa shape index (κ1) is 13.8. The predicted molar refractivity (Wildman–Crippen MR) is 77.5 cm³/mol. The molecule has 0 amide bonds. The fourth-order valence-corrected chi connectivity index (χ4v) is 5.39. The Balaban J connectivity index is 1.96. The van der Waals surface area contributed by atoms with Crippen LogP contribution < -0.4 is 5.73 Å². The summed E-state index contributed by atoms with van der Waals surface area (Å²) in [6.45, 7) is 0.597. The molecule has 0 radical (unpaired) electrons. The standard InChI is InChI=1S/C14H21N3O2S/c15-12-7-3-9-16-14(12)20(18,19)17-10-4-6-11-5-1-2-8-13(11)17/h3,7,9,11,13H,1-2,4-6,8,10,15H2. The molecule has 0 bridgehead atoms. The Morgan fingerprint density at radius 2 is 1.95 bits per heavy atom. The monoisotopic (exact) mass is 295 g/mol.